The summed E-state index contributed by atoms with van der Waals surface area (Å²) in [6, 6.07) is 0. The molecule has 2 aliphatic heterocycles. The Kier molecular flexibility index (Phi) is 10.9. The first-order valence-corrected chi connectivity index (χ1v) is 17.0. The maximum atomic E-state index is 4.65. The molecule has 6 rings (SSSR count). The fourth-order valence-corrected chi connectivity index (χ4v) is 8.62. The van der Waals surface area contributed by atoms with Gasteiger partial charge in [-0.3, -0.25) is 4.68 Å². The average molecular weight is 537 g/mol. The Morgan fingerprint density at radius 3 is 2.00 bits per heavy atom. The molecule has 6 nitrogen and oxygen atoms in total. The van der Waals surface area contributed by atoms with Crippen molar-refractivity contribution < 1.29 is 0 Å². The molecule has 6 bridgehead atoms. The van der Waals surface area contributed by atoms with Crippen LogP contribution < -0.4 is 0 Å². The van der Waals surface area contributed by atoms with Gasteiger partial charge in [0.2, 0.25) is 0 Å². The quantitative estimate of drug-likeness (QED) is 0.389. The van der Waals surface area contributed by atoms with Gasteiger partial charge in [-0.25, -0.2) is 14.6 Å². The number of hydrogen-bond acceptors (Lipinski definition) is 4. The predicted molar refractivity (Wildman–Crippen MR) is 158 cm³/mol. The number of rotatable bonds is 2. The summed E-state index contributed by atoms with van der Waals surface area (Å²) in [5, 5.41) is 9.13. The van der Waals surface area contributed by atoms with Gasteiger partial charge in [0.1, 0.15) is 18.5 Å². The molecule has 39 heavy (non-hydrogen) atoms. The topological polar surface area (TPSA) is 61.4 Å². The van der Waals surface area contributed by atoms with Gasteiger partial charge in [0.15, 0.2) is 5.82 Å². The van der Waals surface area contributed by atoms with Crippen molar-refractivity contribution in [1.29, 1.82) is 0 Å². The molecule has 0 saturated heterocycles. The molecular formula is C33H56N6. The molecule has 218 valence electrons. The first-order chi connectivity index (χ1) is 19.2. The maximum absolute atomic E-state index is 4.65. The van der Waals surface area contributed by atoms with Crippen LogP contribution in [0.15, 0.2) is 12.7 Å². The number of fused-ring (bicyclic) bond motifs is 7. The molecule has 4 aliphatic rings. The molecule has 6 unspecified atom stereocenters. The van der Waals surface area contributed by atoms with Crippen molar-refractivity contribution in [2.75, 3.05) is 0 Å². The molecule has 2 aromatic heterocycles. The van der Waals surface area contributed by atoms with Crippen LogP contribution in [-0.2, 0) is 25.9 Å². The van der Waals surface area contributed by atoms with Crippen molar-refractivity contribution in [3.8, 4) is 0 Å². The molecule has 0 radical (unpaired) electrons. The van der Waals surface area contributed by atoms with Crippen LogP contribution >= 0.6 is 0 Å². The van der Waals surface area contributed by atoms with Gasteiger partial charge in [-0.2, -0.15) is 10.2 Å². The summed E-state index contributed by atoms with van der Waals surface area (Å²) in [6.45, 7) is 6.96. The third-order valence-corrected chi connectivity index (χ3v) is 10.8. The summed E-state index contributed by atoms with van der Waals surface area (Å²) in [5.41, 5.74) is 0. The van der Waals surface area contributed by atoms with E-state index in [1.165, 1.54) is 115 Å². The second kappa shape index (κ2) is 14.8. The van der Waals surface area contributed by atoms with Gasteiger partial charge >= 0.3 is 0 Å². The standard InChI is InChI=1S/C17H29N3.C16H27N3/c1-2-15-10-14-11-16(15)8-6-4-3-5-7-9-17-18-13-19-20(17)12-14;1-2-14-9-13-10-15(14)7-5-3-4-6-8-16-17-12-19(11-13)18-16/h13-16H,2-12H2,1H3;12-15H,2-11H2,1H3. The lowest BCUT2D eigenvalue weighted by molar-refractivity contribution is 0.342. The molecular weight excluding hydrogens is 480 g/mol. The molecule has 4 heterocycles. The second-order valence-electron chi connectivity index (χ2n) is 13.5. The van der Waals surface area contributed by atoms with E-state index in [9.17, 15) is 0 Å². The zero-order chi connectivity index (χ0) is 26.9. The third kappa shape index (κ3) is 8.16. The van der Waals surface area contributed by atoms with Gasteiger partial charge in [-0.1, -0.05) is 84.5 Å². The summed E-state index contributed by atoms with van der Waals surface area (Å²) >= 11 is 0. The second-order valence-corrected chi connectivity index (χ2v) is 13.5. The minimum absolute atomic E-state index is 0.838. The van der Waals surface area contributed by atoms with Crippen molar-refractivity contribution in [2.45, 2.75) is 149 Å². The molecule has 2 aromatic rings. The molecule has 6 atom stereocenters. The van der Waals surface area contributed by atoms with Crippen molar-refractivity contribution >= 4 is 0 Å². The van der Waals surface area contributed by atoms with E-state index in [0.717, 1.165) is 67.3 Å². The highest BCUT2D eigenvalue weighted by Gasteiger charge is 2.34. The monoisotopic (exact) mass is 536 g/mol. The van der Waals surface area contributed by atoms with E-state index in [1.54, 1.807) is 6.33 Å². The average Bonchev–Trinajstić information content (AvgIpc) is 3.74. The zero-order valence-electron chi connectivity index (χ0n) is 25.2. The normalized spacial score (nSPS) is 32.2. The van der Waals surface area contributed by atoms with E-state index in [4.69, 9.17) is 0 Å². The number of aromatic nitrogens is 6. The Morgan fingerprint density at radius 1 is 0.692 bits per heavy atom. The van der Waals surface area contributed by atoms with E-state index < -0.39 is 0 Å². The molecule has 0 amide bonds. The fourth-order valence-electron chi connectivity index (χ4n) is 8.62. The maximum Gasteiger partial charge on any atom is 0.150 e. The Balaban J connectivity index is 0.000000158. The van der Waals surface area contributed by atoms with Crippen LogP contribution in [0.25, 0.3) is 0 Å². The lowest BCUT2D eigenvalue weighted by Gasteiger charge is -2.17. The Hall–Kier alpha value is -1.72. The van der Waals surface area contributed by atoms with Gasteiger partial charge in [-0.15, -0.1) is 0 Å². The van der Waals surface area contributed by atoms with E-state index in [2.05, 4.69) is 43.4 Å². The van der Waals surface area contributed by atoms with Crippen LogP contribution in [0.2, 0.25) is 0 Å². The van der Waals surface area contributed by atoms with E-state index in [-0.39, 0.29) is 0 Å². The zero-order valence-corrected chi connectivity index (χ0v) is 25.2. The largest absolute Gasteiger partial charge is 0.252 e. The minimum Gasteiger partial charge on any atom is -0.252 e. The summed E-state index contributed by atoms with van der Waals surface area (Å²) in [7, 11) is 0. The van der Waals surface area contributed by atoms with Crippen LogP contribution in [0.1, 0.15) is 135 Å². The first kappa shape index (κ1) is 28.8. The van der Waals surface area contributed by atoms with E-state index >= 15 is 0 Å². The number of aryl methyl sites for hydroxylation is 2. The lowest BCUT2D eigenvalue weighted by atomic mass is 9.89. The highest BCUT2D eigenvalue weighted by Crippen LogP contribution is 2.43. The Bertz CT molecular complexity index is 965. The van der Waals surface area contributed by atoms with Crippen molar-refractivity contribution in [1.82, 2.24) is 29.5 Å². The SMILES string of the molecule is CCC1CC2CC1CCCCCCCc1ncnn1C2.CCC1CC2CC1CCCCCCc1ncn(n1)C2. The van der Waals surface area contributed by atoms with Gasteiger partial charge in [0.25, 0.3) is 0 Å². The number of nitrogens with zero attached hydrogens (tertiary/aromatic N) is 6. The summed E-state index contributed by atoms with van der Waals surface area (Å²) in [4.78, 5) is 8.94. The van der Waals surface area contributed by atoms with Gasteiger partial charge in [-0.05, 0) is 74.0 Å². The van der Waals surface area contributed by atoms with E-state index in [0.29, 0.717) is 0 Å². The summed E-state index contributed by atoms with van der Waals surface area (Å²) in [6.07, 6.45) is 29.6. The smallest absolute Gasteiger partial charge is 0.150 e. The van der Waals surface area contributed by atoms with Crippen LogP contribution in [0, 0.1) is 35.5 Å². The first-order valence-electron chi connectivity index (χ1n) is 17.0. The van der Waals surface area contributed by atoms with Gasteiger partial charge in [0.05, 0.1) is 0 Å². The predicted octanol–water partition coefficient (Wildman–Crippen LogP) is 8.06. The lowest BCUT2D eigenvalue weighted by Crippen LogP contribution is -2.13. The van der Waals surface area contributed by atoms with Crippen molar-refractivity contribution in [3.05, 3.63) is 24.3 Å². The molecule has 0 N–H and O–H groups in total. The molecule has 6 heteroatoms. The van der Waals surface area contributed by atoms with Crippen LogP contribution in [-0.4, -0.2) is 29.5 Å². The van der Waals surface area contributed by atoms with Crippen LogP contribution in [0.5, 0.6) is 0 Å². The van der Waals surface area contributed by atoms with Gasteiger partial charge < -0.3 is 0 Å². The molecule has 2 saturated carbocycles. The fraction of sp³-hybridized carbons (Fsp3) is 0.879. The minimum atomic E-state index is 0.838. The van der Waals surface area contributed by atoms with Crippen molar-refractivity contribution in [3.63, 3.8) is 0 Å². The van der Waals surface area contributed by atoms with Crippen LogP contribution in [0.4, 0.5) is 0 Å². The highest BCUT2D eigenvalue weighted by atomic mass is 15.3. The Morgan fingerprint density at radius 2 is 1.31 bits per heavy atom. The van der Waals surface area contributed by atoms with E-state index in [1.807, 2.05) is 6.33 Å². The molecule has 2 fully saturated rings. The summed E-state index contributed by atoms with van der Waals surface area (Å²) in [5.74, 6) is 7.86. The van der Waals surface area contributed by atoms with Crippen LogP contribution in [0.3, 0.4) is 0 Å². The third-order valence-electron chi connectivity index (χ3n) is 10.8. The Labute approximate surface area is 238 Å². The summed E-state index contributed by atoms with van der Waals surface area (Å²) < 4.78 is 4.31. The molecule has 2 aliphatic carbocycles. The van der Waals surface area contributed by atoms with Gasteiger partial charge in [0, 0.05) is 25.9 Å². The molecule has 0 spiro atoms. The van der Waals surface area contributed by atoms with Crippen molar-refractivity contribution in [2.24, 2.45) is 35.5 Å². The number of hydrogen-bond donors (Lipinski definition) is 0. The highest BCUT2D eigenvalue weighted by molar-refractivity contribution is 4.89. The molecule has 0 aromatic carbocycles.